The number of nitrogens with zero attached hydrogens (tertiary/aromatic N) is 1. The van der Waals surface area contributed by atoms with E-state index in [1.165, 1.54) is 19.1 Å². The molecule has 2 amide bonds. The van der Waals surface area contributed by atoms with Crippen LogP contribution in [-0.2, 0) is 16.1 Å². The molecule has 0 spiro atoms. The summed E-state index contributed by atoms with van der Waals surface area (Å²) in [5, 5.41) is 3.80. The van der Waals surface area contributed by atoms with E-state index in [2.05, 4.69) is 5.32 Å². The first-order valence-electron chi connectivity index (χ1n) is 11.1. The van der Waals surface area contributed by atoms with Crippen LogP contribution < -0.4 is 19.5 Å². The minimum Gasteiger partial charge on any atom is -0.496 e. The molecule has 7 nitrogen and oxygen atoms in total. The molecule has 2 atom stereocenters. The molecule has 0 heterocycles. The monoisotopic (exact) mass is 510 g/mol. The van der Waals surface area contributed by atoms with Gasteiger partial charge in [-0.3, -0.25) is 9.59 Å². The van der Waals surface area contributed by atoms with Crippen LogP contribution in [0.5, 0.6) is 17.2 Å². The fourth-order valence-corrected chi connectivity index (χ4v) is 3.82. The van der Waals surface area contributed by atoms with Crippen LogP contribution in [0.15, 0.2) is 36.4 Å². The van der Waals surface area contributed by atoms with Gasteiger partial charge in [-0.15, -0.1) is 0 Å². The topological polar surface area (TPSA) is 77.1 Å². The molecule has 186 valence electrons. The highest BCUT2D eigenvalue weighted by molar-refractivity contribution is 6.36. The summed E-state index contributed by atoms with van der Waals surface area (Å²) in [6.07, 6.45) is 1.18. The first-order valence-corrected chi connectivity index (χ1v) is 11.9. The highest BCUT2D eigenvalue weighted by Gasteiger charge is 2.30. The number of nitrogens with one attached hydrogen (secondary N) is 1. The van der Waals surface area contributed by atoms with Gasteiger partial charge in [-0.2, -0.15) is 0 Å². The third kappa shape index (κ3) is 7.43. The average Bonchev–Trinajstić information content (AvgIpc) is 2.83. The largest absolute Gasteiger partial charge is 0.496 e. The molecule has 2 aromatic rings. The van der Waals surface area contributed by atoms with Crippen molar-refractivity contribution < 1.29 is 23.8 Å². The summed E-state index contributed by atoms with van der Waals surface area (Å²) in [6.45, 7) is 5.51. The van der Waals surface area contributed by atoms with Crippen molar-refractivity contribution in [2.45, 2.75) is 52.2 Å². The maximum atomic E-state index is 13.4. The van der Waals surface area contributed by atoms with Crippen LogP contribution in [0.25, 0.3) is 0 Å². The molecule has 0 unspecified atom stereocenters. The minimum atomic E-state index is -0.725. The summed E-state index contributed by atoms with van der Waals surface area (Å²) < 4.78 is 16.3. The van der Waals surface area contributed by atoms with Gasteiger partial charge in [0, 0.05) is 46.4 Å². The van der Waals surface area contributed by atoms with Crippen molar-refractivity contribution in [3.05, 3.63) is 52.0 Å². The number of carbonyl (C=O) groups excluding carboxylic acids is 2. The molecule has 0 aliphatic carbocycles. The third-order valence-electron chi connectivity index (χ3n) is 5.46. The lowest BCUT2D eigenvalue weighted by atomic mass is 10.1. The van der Waals surface area contributed by atoms with Gasteiger partial charge in [0.15, 0.2) is 6.61 Å². The van der Waals surface area contributed by atoms with Gasteiger partial charge in [-0.1, -0.05) is 43.1 Å². The summed E-state index contributed by atoms with van der Waals surface area (Å²) in [5.41, 5.74) is 0.567. The maximum absolute atomic E-state index is 13.4. The smallest absolute Gasteiger partial charge is 0.261 e. The molecule has 0 aliphatic heterocycles. The molecule has 9 heteroatoms. The number of halogens is 2. The molecule has 0 radical (unpaired) electrons. The summed E-state index contributed by atoms with van der Waals surface area (Å²) in [7, 11) is 3.06. The molecule has 34 heavy (non-hydrogen) atoms. The number of rotatable bonds is 12. The highest BCUT2D eigenvalue weighted by atomic mass is 35.5. The van der Waals surface area contributed by atoms with Crippen LogP contribution in [0.4, 0.5) is 0 Å². The Morgan fingerprint density at radius 3 is 2.03 bits per heavy atom. The van der Waals surface area contributed by atoms with E-state index in [1.807, 2.05) is 20.8 Å². The molecule has 2 rings (SSSR count). The molecule has 0 saturated carbocycles. The number of benzene rings is 2. The second kappa shape index (κ2) is 13.3. The van der Waals surface area contributed by atoms with Gasteiger partial charge < -0.3 is 24.4 Å². The molecule has 1 N–H and O–H groups in total. The van der Waals surface area contributed by atoms with Crippen LogP contribution in [-0.4, -0.2) is 49.6 Å². The molecular weight excluding hydrogens is 479 g/mol. The summed E-state index contributed by atoms with van der Waals surface area (Å²) >= 11 is 12.7. The number of methoxy groups -OCH3 is 2. The molecule has 0 fully saturated rings. The summed E-state index contributed by atoms with van der Waals surface area (Å²) in [5.74, 6) is 0.833. The Morgan fingerprint density at radius 1 is 0.971 bits per heavy atom. The third-order valence-corrected chi connectivity index (χ3v) is 6.17. The zero-order valence-corrected chi connectivity index (χ0v) is 21.7. The molecule has 0 aromatic heterocycles. The van der Waals surface area contributed by atoms with Gasteiger partial charge in [0.1, 0.15) is 23.3 Å². The Kier molecular flexibility index (Phi) is 10.8. The van der Waals surface area contributed by atoms with Crippen molar-refractivity contribution >= 4 is 35.0 Å². The van der Waals surface area contributed by atoms with Crippen molar-refractivity contribution in [3.63, 3.8) is 0 Å². The Morgan fingerprint density at radius 2 is 1.53 bits per heavy atom. The number of amides is 2. The van der Waals surface area contributed by atoms with Crippen LogP contribution in [0.1, 0.15) is 39.2 Å². The van der Waals surface area contributed by atoms with Crippen molar-refractivity contribution in [1.29, 1.82) is 0 Å². The van der Waals surface area contributed by atoms with Gasteiger partial charge in [0.2, 0.25) is 5.91 Å². The summed E-state index contributed by atoms with van der Waals surface area (Å²) in [4.78, 5) is 27.9. The van der Waals surface area contributed by atoms with E-state index in [4.69, 9.17) is 37.4 Å². The minimum absolute atomic E-state index is 0.0251. The Labute approximate surface area is 211 Å². The second-order valence-electron chi connectivity index (χ2n) is 7.80. The van der Waals surface area contributed by atoms with E-state index < -0.39 is 6.04 Å². The second-order valence-corrected chi connectivity index (χ2v) is 8.62. The van der Waals surface area contributed by atoms with Crippen LogP contribution >= 0.6 is 23.2 Å². The predicted molar refractivity (Wildman–Crippen MR) is 134 cm³/mol. The molecular formula is C25H32Cl2N2O5. The lowest BCUT2D eigenvalue weighted by Crippen LogP contribution is -2.51. The van der Waals surface area contributed by atoms with Crippen molar-refractivity contribution in [2.24, 2.45) is 0 Å². The molecule has 0 saturated heterocycles. The van der Waals surface area contributed by atoms with Crippen LogP contribution in [0.3, 0.4) is 0 Å². The number of ether oxygens (including phenoxy) is 3. The van der Waals surface area contributed by atoms with E-state index >= 15 is 0 Å². The lowest BCUT2D eigenvalue weighted by Gasteiger charge is -2.32. The van der Waals surface area contributed by atoms with Crippen LogP contribution in [0.2, 0.25) is 10.0 Å². The predicted octanol–water partition coefficient (Wildman–Crippen LogP) is 5.11. The van der Waals surface area contributed by atoms with Crippen LogP contribution in [0, 0.1) is 0 Å². The van der Waals surface area contributed by atoms with E-state index in [0.29, 0.717) is 39.3 Å². The lowest BCUT2D eigenvalue weighted by molar-refractivity contribution is -0.143. The van der Waals surface area contributed by atoms with Crippen molar-refractivity contribution in [3.8, 4) is 17.2 Å². The van der Waals surface area contributed by atoms with Gasteiger partial charge in [-0.25, -0.2) is 0 Å². The van der Waals surface area contributed by atoms with Gasteiger partial charge >= 0.3 is 0 Å². The maximum Gasteiger partial charge on any atom is 0.261 e. The number of hydrogen-bond acceptors (Lipinski definition) is 5. The quantitative estimate of drug-likeness (QED) is 0.429. The normalized spacial score (nSPS) is 12.4. The Bertz CT molecular complexity index is 943. The number of hydrogen-bond donors (Lipinski definition) is 1. The van der Waals surface area contributed by atoms with E-state index in [9.17, 15) is 9.59 Å². The first-order chi connectivity index (χ1) is 16.2. The fraction of sp³-hybridized carbons (Fsp3) is 0.440. The molecule has 0 bridgehead atoms. The highest BCUT2D eigenvalue weighted by Crippen LogP contribution is 2.29. The number of carbonyl (C=O) groups is 2. The zero-order valence-electron chi connectivity index (χ0n) is 20.2. The van der Waals surface area contributed by atoms with Crippen molar-refractivity contribution in [2.75, 3.05) is 20.8 Å². The van der Waals surface area contributed by atoms with Gasteiger partial charge in [-0.05, 0) is 31.9 Å². The van der Waals surface area contributed by atoms with Crippen molar-refractivity contribution in [1.82, 2.24) is 10.2 Å². The van der Waals surface area contributed by atoms with Gasteiger partial charge in [0.25, 0.3) is 5.91 Å². The van der Waals surface area contributed by atoms with E-state index in [0.717, 1.165) is 6.42 Å². The average molecular weight is 511 g/mol. The van der Waals surface area contributed by atoms with E-state index in [1.54, 1.807) is 36.4 Å². The SMILES string of the molecule is CC[C@@H](C)NC(=O)[C@H](CC)N(Cc1c(Cl)cccc1Cl)C(=O)COc1cc(OC)cc(OC)c1. The zero-order chi connectivity index (χ0) is 25.3. The standard InChI is InChI=1S/C25H32Cl2N2O5/c1-6-16(3)28-25(31)23(7-2)29(14-20-21(26)9-8-10-22(20)27)24(30)15-34-19-12-17(32-4)11-18(13-19)33-5/h8-13,16,23H,6-7,14-15H2,1-5H3,(H,28,31)/t16-,23+/m1/s1. The Hall–Kier alpha value is -2.64. The first kappa shape index (κ1) is 27.6. The molecule has 2 aromatic carbocycles. The Balaban J connectivity index is 2.32. The molecule has 0 aliphatic rings. The fourth-order valence-electron chi connectivity index (χ4n) is 3.31. The summed E-state index contributed by atoms with van der Waals surface area (Å²) in [6, 6.07) is 9.38. The van der Waals surface area contributed by atoms with E-state index in [-0.39, 0.29) is 31.0 Å². The van der Waals surface area contributed by atoms with Gasteiger partial charge in [0.05, 0.1) is 14.2 Å².